The monoisotopic (exact) mass is 1760 g/mol. The summed E-state index contributed by atoms with van der Waals surface area (Å²) in [7, 11) is 0. The van der Waals surface area contributed by atoms with Gasteiger partial charge in [0.1, 0.15) is 23.7 Å². The minimum absolute atomic E-state index is 0.0891. The summed E-state index contributed by atoms with van der Waals surface area (Å²) < 4.78 is 23.4. The van der Waals surface area contributed by atoms with Gasteiger partial charge in [-0.1, -0.05) is 196 Å². The van der Waals surface area contributed by atoms with Gasteiger partial charge < -0.3 is 48.3 Å². The minimum Gasteiger partial charge on any atom is -0.494 e. The zero-order valence-electron chi connectivity index (χ0n) is 78.4. The van der Waals surface area contributed by atoms with Gasteiger partial charge in [0.05, 0.1) is 26.4 Å². The highest BCUT2D eigenvalue weighted by atomic mass is 16.5. The molecule has 4 atom stereocenters. The molecule has 0 amide bonds. The first-order chi connectivity index (χ1) is 65.9. The number of aryl methyl sites for hydroxylation is 4. The van der Waals surface area contributed by atoms with Crippen LogP contribution in [0.4, 0.5) is 102 Å². The summed E-state index contributed by atoms with van der Waals surface area (Å²) in [6.45, 7) is 19.6. The third-order valence-electron chi connectivity index (χ3n) is 24.9. The van der Waals surface area contributed by atoms with Crippen LogP contribution in [0.2, 0.25) is 0 Å². The van der Waals surface area contributed by atoms with Gasteiger partial charge in [-0.05, 0) is 391 Å². The summed E-state index contributed by atoms with van der Waals surface area (Å²) in [5.41, 5.74) is 29.1. The van der Waals surface area contributed by atoms with E-state index in [0.717, 1.165) is 152 Å². The van der Waals surface area contributed by atoms with Crippen LogP contribution in [0.15, 0.2) is 413 Å². The molecule has 0 N–H and O–H groups in total. The number of hydrogen-bond donors (Lipinski definition) is 0. The zero-order valence-corrected chi connectivity index (χ0v) is 78.4. The molecule has 0 saturated carbocycles. The Labute approximate surface area is 795 Å². The Morgan fingerprint density at radius 3 is 0.724 bits per heavy atom. The Kier molecular flexibility index (Phi) is 31.5. The van der Waals surface area contributed by atoms with Gasteiger partial charge in [0.25, 0.3) is 0 Å². The van der Waals surface area contributed by atoms with E-state index in [-0.39, 0.29) is 23.7 Å². The van der Waals surface area contributed by atoms with Crippen molar-refractivity contribution in [2.75, 3.05) is 55.8 Å². The minimum atomic E-state index is 0.0891. The van der Waals surface area contributed by atoms with E-state index in [2.05, 4.69) is 508 Å². The average Bonchev–Trinajstić information content (AvgIpc) is 0.782. The summed E-state index contributed by atoms with van der Waals surface area (Å²) in [5.74, 6) is 8.54. The predicted octanol–water partition coefficient (Wildman–Crippen LogP) is 34.1. The third-order valence-corrected chi connectivity index (χ3v) is 24.9. The fourth-order valence-electron chi connectivity index (χ4n) is 18.2. The molecule has 0 bridgehead atoms. The molecule has 0 saturated heterocycles. The molecule has 0 aliphatic heterocycles. The second kappa shape index (κ2) is 45.9. The predicted molar refractivity (Wildman–Crippen MR) is 562 cm³/mol. The number of anilines is 18. The molecule has 16 rings (SSSR count). The first-order valence-corrected chi connectivity index (χ1v) is 47.4. The Bertz CT molecular complexity index is 6240. The summed E-state index contributed by atoms with van der Waals surface area (Å²) in [6.07, 6.45) is 12.3. The van der Waals surface area contributed by atoms with Gasteiger partial charge in [-0.3, -0.25) is 0 Å². The Balaban J connectivity index is 0.787. The van der Waals surface area contributed by atoms with Gasteiger partial charge >= 0.3 is 0 Å². The number of para-hydroxylation sites is 4. The molecule has 0 aliphatic carbocycles. The van der Waals surface area contributed by atoms with E-state index in [1.165, 1.54) is 44.5 Å². The number of rotatable bonds is 39. The third kappa shape index (κ3) is 23.7. The first kappa shape index (κ1) is 91.9. The second-order valence-corrected chi connectivity index (χ2v) is 34.5. The van der Waals surface area contributed by atoms with Crippen molar-refractivity contribution >= 4 is 102 Å². The van der Waals surface area contributed by atoms with Gasteiger partial charge in [0.2, 0.25) is 0 Å². The maximum Gasteiger partial charge on any atom is 0.119 e. The normalized spacial score (nSPS) is 11.9. The highest BCUT2D eigenvalue weighted by Gasteiger charge is 2.29. The van der Waals surface area contributed by atoms with Crippen molar-refractivity contribution in [1.82, 2.24) is 0 Å². The average molecular weight is 1760 g/mol. The second-order valence-electron chi connectivity index (χ2n) is 34.5. The molecule has 16 aromatic rings. The topological polar surface area (TPSA) is 56.4 Å². The molecule has 16 aromatic carbocycles. The summed E-state index contributed by atoms with van der Waals surface area (Å²) in [4.78, 5) is 14.2. The van der Waals surface area contributed by atoms with Crippen LogP contribution in [0.3, 0.4) is 0 Å². The summed E-state index contributed by atoms with van der Waals surface area (Å²) >= 11 is 0. The quantitative estimate of drug-likeness (QED) is 0.0275. The van der Waals surface area contributed by atoms with Crippen LogP contribution >= 0.6 is 0 Å². The van der Waals surface area contributed by atoms with E-state index in [0.29, 0.717) is 39.3 Å². The van der Waals surface area contributed by atoms with Crippen LogP contribution < -0.4 is 38.9 Å². The zero-order chi connectivity index (χ0) is 92.2. The smallest absolute Gasteiger partial charge is 0.119 e. The van der Waals surface area contributed by atoms with E-state index in [4.69, 9.17) is 18.9 Å². The molecule has 670 valence electrons. The molecular formula is C124H120N6O4. The van der Waals surface area contributed by atoms with Crippen molar-refractivity contribution in [3.05, 3.63) is 457 Å². The number of ether oxygens (including phenoxy) is 4. The lowest BCUT2D eigenvalue weighted by Gasteiger charge is -2.31. The van der Waals surface area contributed by atoms with E-state index in [1.54, 1.807) is 0 Å². The Morgan fingerprint density at radius 2 is 0.455 bits per heavy atom. The summed E-state index contributed by atoms with van der Waals surface area (Å²) in [6, 6.07) is 151. The highest BCUT2D eigenvalue weighted by molar-refractivity contribution is 5.87. The molecule has 0 spiro atoms. The van der Waals surface area contributed by atoms with Crippen molar-refractivity contribution in [3.8, 4) is 35.6 Å². The van der Waals surface area contributed by atoms with Gasteiger partial charge in [-0.2, -0.15) is 0 Å². The number of unbranched alkanes of at least 4 members (excludes halogenated alkanes) is 2. The van der Waals surface area contributed by atoms with Gasteiger partial charge in [0, 0.05) is 115 Å². The molecule has 134 heavy (non-hydrogen) atoms. The van der Waals surface area contributed by atoms with E-state index in [9.17, 15) is 0 Å². The van der Waals surface area contributed by atoms with Crippen LogP contribution in [-0.4, -0.2) is 26.4 Å². The van der Waals surface area contributed by atoms with Crippen LogP contribution in [0.1, 0.15) is 147 Å². The van der Waals surface area contributed by atoms with Crippen molar-refractivity contribution in [2.24, 2.45) is 0 Å². The lowest BCUT2D eigenvalue weighted by atomic mass is 9.75. The lowest BCUT2D eigenvalue weighted by molar-refractivity contribution is 0.297. The lowest BCUT2D eigenvalue weighted by Crippen LogP contribution is -2.15. The number of benzene rings is 16. The van der Waals surface area contributed by atoms with Crippen LogP contribution in [0.25, 0.3) is 0 Å². The molecule has 0 aliphatic rings. The maximum atomic E-state index is 6.47. The molecular weight excluding hydrogens is 1640 g/mol. The Morgan fingerprint density at radius 1 is 0.231 bits per heavy atom. The van der Waals surface area contributed by atoms with Crippen LogP contribution in [0, 0.1) is 51.7 Å². The fourth-order valence-corrected chi connectivity index (χ4v) is 18.2. The van der Waals surface area contributed by atoms with Gasteiger partial charge in [-0.25, -0.2) is 0 Å². The van der Waals surface area contributed by atoms with Crippen molar-refractivity contribution in [1.29, 1.82) is 0 Å². The number of hydrogen-bond acceptors (Lipinski definition) is 10. The standard InChI is InChI=1S/C124H120N6O4/c1-9-98(100-54-78-123(79-55-100)133-84-28-16-26-82-131-10-2)91-104(102-56-80-124(81-57-102)134-85-29-17-27-83-132-11-3)92-103(101-52-60-110(61-53-101)126(113-66-74-117(75-67-113)129(107-42-22-14-23-43-107)121-48-32-36-95(6)88-121)114-68-76-118(77-69-114)130(108-44-24-15-25-45-108)122-49-33-37-96(7)89-122)90-97(8)99-50-58-109(59-51-99)125(111-62-70-115(71-63-111)127(105-38-18-12-19-39-105)119-46-30-34-93(4)86-119)112-64-72-116(73-65-112)128(106-40-20-13-21-41-106)120-47-31-35-94(5)87-120/h12-15,18-25,30-81,86-89,97-98,103-104H,9-11,16-17,28-29,84-85,90-92H2,1-8H3. The molecule has 4 unspecified atom stereocenters. The molecule has 0 radical (unpaired) electrons. The van der Waals surface area contributed by atoms with E-state index in [1.807, 2.05) is 13.8 Å². The molecule has 0 heterocycles. The fraction of sp³-hybridized carbons (Fsp3) is 0.194. The largest absolute Gasteiger partial charge is 0.494 e. The first-order valence-electron chi connectivity index (χ1n) is 47.4. The van der Waals surface area contributed by atoms with Crippen molar-refractivity contribution in [2.45, 2.75) is 130 Å². The molecule has 0 fully saturated rings. The summed E-state index contributed by atoms with van der Waals surface area (Å²) in [5, 5.41) is 0. The number of nitrogens with zero attached hydrogens (tertiary/aromatic N) is 6. The van der Waals surface area contributed by atoms with Gasteiger partial charge in [0.15, 0.2) is 0 Å². The van der Waals surface area contributed by atoms with E-state index < -0.39 is 0 Å². The maximum absolute atomic E-state index is 6.47. The van der Waals surface area contributed by atoms with Crippen LogP contribution in [0.5, 0.6) is 11.5 Å². The SMILES string of the molecule is CCOC#CCCCOc1ccc(C(CC)CC(CC(CC(C)c2ccc(N(c3ccc(N(c4ccccc4)c4cccc(C)c4)cc3)c3ccc(N(c4ccccc4)c4cccc(C)c4)cc3)cc2)c2ccc(N(c3ccc(N(c4ccccc4)c4cccc(C)c4)cc3)c3ccc(N(c4ccccc4)c4cccc(C)c4)cc3)cc2)c2ccc(OCCCC#COCC)cc2)cc1. The molecule has 10 heteroatoms. The highest BCUT2D eigenvalue weighted by Crippen LogP contribution is 2.49. The molecule has 0 aromatic heterocycles. The van der Waals surface area contributed by atoms with Gasteiger partial charge in [-0.15, -0.1) is 0 Å². The molecule has 10 nitrogen and oxygen atoms in total. The van der Waals surface area contributed by atoms with E-state index >= 15 is 0 Å². The van der Waals surface area contributed by atoms with Crippen LogP contribution in [-0.2, 0) is 9.47 Å². The Hall–Kier alpha value is -15.4. The van der Waals surface area contributed by atoms with Crippen molar-refractivity contribution < 1.29 is 18.9 Å². The van der Waals surface area contributed by atoms with Crippen molar-refractivity contribution in [3.63, 3.8) is 0 Å².